The number of rotatable bonds is 5. The van der Waals surface area contributed by atoms with Gasteiger partial charge in [0.15, 0.2) is 0 Å². The van der Waals surface area contributed by atoms with Gasteiger partial charge in [0.05, 0.1) is 19.8 Å². The zero-order valence-corrected chi connectivity index (χ0v) is 8.40. The second kappa shape index (κ2) is 5.39. The Kier molecular flexibility index (Phi) is 4.12. The highest BCUT2D eigenvalue weighted by Gasteiger charge is 2.05. The molecule has 5 nitrogen and oxygen atoms in total. The van der Waals surface area contributed by atoms with Crippen molar-refractivity contribution in [3.63, 3.8) is 0 Å². The Bertz CT molecular complexity index is 277. The number of nitrogens with one attached hydrogen (secondary N) is 1. The smallest absolute Gasteiger partial charge is 0.218 e. The minimum absolute atomic E-state index is 0.0228. The van der Waals surface area contributed by atoms with E-state index in [2.05, 4.69) is 15.3 Å². The summed E-state index contributed by atoms with van der Waals surface area (Å²) in [7, 11) is 1.55. The van der Waals surface area contributed by atoms with Crippen LogP contribution in [0.3, 0.4) is 0 Å². The van der Waals surface area contributed by atoms with Crippen LogP contribution < -0.4 is 10.1 Å². The molecular formula is C9H15N3O2. The predicted molar refractivity (Wildman–Crippen MR) is 53.4 cm³/mol. The Morgan fingerprint density at radius 1 is 1.57 bits per heavy atom. The standard InChI is InChI=1S/C9H15N3O2/c1-3-7(5-13)12-8-4-9(14-2)11-6-10-8/h4,6-7,13H,3,5H2,1-2H3,(H,10,11,12). The Hall–Kier alpha value is -1.36. The molecule has 0 aliphatic rings. The molecule has 1 aromatic rings. The van der Waals surface area contributed by atoms with Crippen molar-refractivity contribution < 1.29 is 9.84 Å². The minimum atomic E-state index is 0.0228. The van der Waals surface area contributed by atoms with Crippen LogP contribution in [0.2, 0.25) is 0 Å². The second-order valence-electron chi connectivity index (χ2n) is 2.88. The molecule has 0 saturated heterocycles. The molecule has 0 radical (unpaired) electrons. The molecule has 1 aromatic heterocycles. The van der Waals surface area contributed by atoms with Crippen molar-refractivity contribution in [1.29, 1.82) is 0 Å². The third-order valence-electron chi connectivity index (χ3n) is 1.92. The summed E-state index contributed by atoms with van der Waals surface area (Å²) in [6.45, 7) is 2.08. The molecule has 1 rings (SSSR count). The van der Waals surface area contributed by atoms with Gasteiger partial charge in [-0.05, 0) is 6.42 Å². The zero-order chi connectivity index (χ0) is 10.4. The maximum atomic E-state index is 8.98. The van der Waals surface area contributed by atoms with Crippen LogP contribution in [0.15, 0.2) is 12.4 Å². The van der Waals surface area contributed by atoms with Crippen LogP contribution in [0.5, 0.6) is 5.88 Å². The molecule has 1 atom stereocenters. The predicted octanol–water partition coefficient (Wildman–Crippen LogP) is 0.668. The summed E-state index contributed by atoms with van der Waals surface area (Å²) in [6.07, 6.45) is 2.26. The molecular weight excluding hydrogens is 182 g/mol. The van der Waals surface area contributed by atoms with Crippen LogP contribution in [-0.2, 0) is 0 Å². The molecule has 0 aromatic carbocycles. The fourth-order valence-electron chi connectivity index (χ4n) is 1.02. The molecule has 0 saturated carbocycles. The monoisotopic (exact) mass is 197 g/mol. The number of ether oxygens (including phenoxy) is 1. The minimum Gasteiger partial charge on any atom is -0.481 e. The molecule has 0 bridgehead atoms. The number of anilines is 1. The average molecular weight is 197 g/mol. The van der Waals surface area contributed by atoms with Crippen molar-refractivity contribution in [2.75, 3.05) is 19.0 Å². The van der Waals surface area contributed by atoms with Gasteiger partial charge < -0.3 is 15.2 Å². The van der Waals surface area contributed by atoms with E-state index in [0.717, 1.165) is 6.42 Å². The first-order chi connectivity index (χ1) is 6.80. The molecule has 5 heteroatoms. The first kappa shape index (κ1) is 10.7. The number of aromatic nitrogens is 2. The normalized spacial score (nSPS) is 12.2. The Morgan fingerprint density at radius 3 is 2.93 bits per heavy atom. The molecule has 2 N–H and O–H groups in total. The highest BCUT2D eigenvalue weighted by Crippen LogP contribution is 2.11. The lowest BCUT2D eigenvalue weighted by atomic mass is 10.2. The average Bonchev–Trinajstić information content (AvgIpc) is 2.26. The molecule has 0 spiro atoms. The SMILES string of the molecule is CCC(CO)Nc1cc(OC)ncn1. The van der Waals surface area contributed by atoms with Crippen molar-refractivity contribution in [2.24, 2.45) is 0 Å². The van der Waals surface area contributed by atoms with E-state index >= 15 is 0 Å². The third kappa shape index (κ3) is 2.85. The van der Waals surface area contributed by atoms with E-state index in [1.165, 1.54) is 6.33 Å². The number of methoxy groups -OCH3 is 1. The van der Waals surface area contributed by atoms with E-state index in [9.17, 15) is 0 Å². The molecule has 0 amide bonds. The summed E-state index contributed by atoms with van der Waals surface area (Å²) in [4.78, 5) is 7.89. The van der Waals surface area contributed by atoms with Gasteiger partial charge in [0.25, 0.3) is 0 Å². The molecule has 0 aliphatic carbocycles. The fraction of sp³-hybridized carbons (Fsp3) is 0.556. The van der Waals surface area contributed by atoms with Gasteiger partial charge in [-0.2, -0.15) is 0 Å². The molecule has 78 valence electrons. The van der Waals surface area contributed by atoms with Crippen LogP contribution in [-0.4, -0.2) is 34.8 Å². The lowest BCUT2D eigenvalue weighted by Crippen LogP contribution is -2.23. The fourth-order valence-corrected chi connectivity index (χ4v) is 1.02. The number of aliphatic hydroxyl groups is 1. The van der Waals surface area contributed by atoms with Crippen molar-refractivity contribution in [3.05, 3.63) is 12.4 Å². The van der Waals surface area contributed by atoms with Crippen LogP contribution in [0, 0.1) is 0 Å². The first-order valence-electron chi connectivity index (χ1n) is 4.53. The molecule has 1 unspecified atom stereocenters. The summed E-state index contributed by atoms with van der Waals surface area (Å²) in [5, 5.41) is 12.0. The van der Waals surface area contributed by atoms with Gasteiger partial charge in [0.1, 0.15) is 12.1 Å². The van der Waals surface area contributed by atoms with Gasteiger partial charge in [-0.15, -0.1) is 0 Å². The van der Waals surface area contributed by atoms with Crippen molar-refractivity contribution in [1.82, 2.24) is 9.97 Å². The van der Waals surface area contributed by atoms with Gasteiger partial charge in [-0.25, -0.2) is 9.97 Å². The summed E-state index contributed by atoms with van der Waals surface area (Å²) >= 11 is 0. The van der Waals surface area contributed by atoms with Gasteiger partial charge in [-0.1, -0.05) is 6.92 Å². The summed E-state index contributed by atoms with van der Waals surface area (Å²) in [6, 6.07) is 1.72. The van der Waals surface area contributed by atoms with E-state index in [1.807, 2.05) is 6.92 Å². The first-order valence-corrected chi connectivity index (χ1v) is 4.53. The Balaban J connectivity index is 2.65. The van der Waals surface area contributed by atoms with E-state index in [0.29, 0.717) is 11.7 Å². The molecule has 0 fully saturated rings. The van der Waals surface area contributed by atoms with Crippen LogP contribution >= 0.6 is 0 Å². The summed E-state index contributed by atoms with van der Waals surface area (Å²) in [5.41, 5.74) is 0. The van der Waals surface area contributed by atoms with E-state index in [1.54, 1.807) is 13.2 Å². The highest BCUT2D eigenvalue weighted by molar-refractivity contribution is 5.37. The highest BCUT2D eigenvalue weighted by atomic mass is 16.5. The lowest BCUT2D eigenvalue weighted by Gasteiger charge is -2.14. The second-order valence-corrected chi connectivity index (χ2v) is 2.88. The van der Waals surface area contributed by atoms with Gasteiger partial charge in [0, 0.05) is 6.07 Å². The maximum Gasteiger partial charge on any atom is 0.218 e. The topological polar surface area (TPSA) is 67.3 Å². The zero-order valence-electron chi connectivity index (χ0n) is 8.40. The number of hydrogen-bond acceptors (Lipinski definition) is 5. The maximum absolute atomic E-state index is 8.98. The van der Waals surface area contributed by atoms with Crippen molar-refractivity contribution in [3.8, 4) is 5.88 Å². The van der Waals surface area contributed by atoms with E-state index < -0.39 is 0 Å². The van der Waals surface area contributed by atoms with Gasteiger partial charge >= 0.3 is 0 Å². The van der Waals surface area contributed by atoms with Crippen molar-refractivity contribution >= 4 is 5.82 Å². The Morgan fingerprint density at radius 2 is 2.36 bits per heavy atom. The molecule has 0 aliphatic heterocycles. The van der Waals surface area contributed by atoms with Crippen molar-refractivity contribution in [2.45, 2.75) is 19.4 Å². The largest absolute Gasteiger partial charge is 0.481 e. The van der Waals surface area contributed by atoms with Gasteiger partial charge in [-0.3, -0.25) is 0 Å². The lowest BCUT2D eigenvalue weighted by molar-refractivity contribution is 0.271. The number of hydrogen-bond donors (Lipinski definition) is 2. The number of aliphatic hydroxyl groups excluding tert-OH is 1. The molecule has 14 heavy (non-hydrogen) atoms. The van der Waals surface area contributed by atoms with Crippen LogP contribution in [0.1, 0.15) is 13.3 Å². The quantitative estimate of drug-likeness (QED) is 0.726. The van der Waals surface area contributed by atoms with Crippen LogP contribution in [0.4, 0.5) is 5.82 Å². The Labute approximate surface area is 83.2 Å². The summed E-state index contributed by atoms with van der Waals surface area (Å²) < 4.78 is 4.95. The van der Waals surface area contributed by atoms with Gasteiger partial charge in [0.2, 0.25) is 5.88 Å². The van der Waals surface area contributed by atoms with E-state index in [4.69, 9.17) is 9.84 Å². The molecule has 1 heterocycles. The third-order valence-corrected chi connectivity index (χ3v) is 1.92. The number of nitrogens with zero attached hydrogens (tertiary/aromatic N) is 2. The van der Waals surface area contributed by atoms with E-state index in [-0.39, 0.29) is 12.6 Å². The van der Waals surface area contributed by atoms with Crippen LogP contribution in [0.25, 0.3) is 0 Å². The summed E-state index contributed by atoms with van der Waals surface area (Å²) in [5.74, 6) is 1.17.